The average molecular weight is 231 g/mol. The Kier molecular flexibility index (Phi) is 5.19. The third-order valence-corrected chi connectivity index (χ3v) is 1.55. The van der Waals surface area contributed by atoms with Gasteiger partial charge in [-0.1, -0.05) is 6.07 Å². The SMILES string of the molecule is Cl.Nc1cccc(C(=O)NCC(=O)O)c1. The number of carboxylic acids is 1. The van der Waals surface area contributed by atoms with Gasteiger partial charge in [0.25, 0.3) is 5.91 Å². The highest BCUT2D eigenvalue weighted by atomic mass is 35.5. The molecule has 5 nitrogen and oxygen atoms in total. The Bertz CT molecular complexity index is 368. The number of carboxylic acid groups (broad SMARTS) is 1. The van der Waals surface area contributed by atoms with Crippen molar-refractivity contribution in [3.8, 4) is 0 Å². The van der Waals surface area contributed by atoms with E-state index in [-0.39, 0.29) is 12.4 Å². The van der Waals surface area contributed by atoms with Crippen molar-refractivity contribution < 1.29 is 14.7 Å². The summed E-state index contributed by atoms with van der Waals surface area (Å²) >= 11 is 0. The average Bonchev–Trinajstić information content (AvgIpc) is 2.14. The maximum atomic E-state index is 11.3. The number of aliphatic carboxylic acids is 1. The number of rotatable bonds is 3. The quantitative estimate of drug-likeness (QED) is 0.660. The lowest BCUT2D eigenvalue weighted by atomic mass is 10.2. The highest BCUT2D eigenvalue weighted by Gasteiger charge is 2.06. The second kappa shape index (κ2) is 5.87. The van der Waals surface area contributed by atoms with E-state index in [1.165, 1.54) is 6.07 Å². The van der Waals surface area contributed by atoms with Gasteiger partial charge in [-0.3, -0.25) is 9.59 Å². The lowest BCUT2D eigenvalue weighted by molar-refractivity contribution is -0.135. The molecule has 0 aliphatic carbocycles. The van der Waals surface area contributed by atoms with Crippen LogP contribution in [0.4, 0.5) is 5.69 Å². The standard InChI is InChI=1S/C9H10N2O3.ClH/c10-7-3-1-2-6(4-7)9(14)11-5-8(12)13;/h1-4H,5,10H2,(H,11,14)(H,12,13);1H. The Balaban J connectivity index is 0.00000196. The normalized spacial score (nSPS) is 8.80. The fraction of sp³-hybridized carbons (Fsp3) is 0.111. The number of carbonyl (C=O) groups excluding carboxylic acids is 1. The number of hydrogen-bond donors (Lipinski definition) is 3. The summed E-state index contributed by atoms with van der Waals surface area (Å²) in [7, 11) is 0. The Morgan fingerprint density at radius 1 is 1.40 bits per heavy atom. The predicted octanol–water partition coefficient (Wildman–Crippen LogP) is 0.505. The zero-order valence-corrected chi connectivity index (χ0v) is 8.58. The van der Waals surface area contributed by atoms with E-state index in [0.29, 0.717) is 11.3 Å². The number of carbonyl (C=O) groups is 2. The molecular formula is C9H11ClN2O3. The number of nitrogens with one attached hydrogen (secondary N) is 1. The summed E-state index contributed by atoms with van der Waals surface area (Å²) in [6, 6.07) is 6.32. The molecule has 0 aromatic heterocycles. The van der Waals surface area contributed by atoms with Gasteiger partial charge in [-0.15, -0.1) is 12.4 Å². The maximum absolute atomic E-state index is 11.3. The molecular weight excluding hydrogens is 220 g/mol. The van der Waals surface area contributed by atoms with Crippen molar-refractivity contribution in [3.63, 3.8) is 0 Å². The van der Waals surface area contributed by atoms with Gasteiger partial charge in [0.1, 0.15) is 6.54 Å². The molecule has 0 atom stereocenters. The topological polar surface area (TPSA) is 92.4 Å². The van der Waals surface area contributed by atoms with Crippen LogP contribution in [0.2, 0.25) is 0 Å². The highest BCUT2D eigenvalue weighted by Crippen LogP contribution is 2.05. The first kappa shape index (κ1) is 13.2. The Morgan fingerprint density at radius 2 is 2.07 bits per heavy atom. The summed E-state index contributed by atoms with van der Waals surface area (Å²) < 4.78 is 0. The Morgan fingerprint density at radius 3 is 2.60 bits per heavy atom. The molecule has 4 N–H and O–H groups in total. The van der Waals surface area contributed by atoms with Crippen LogP contribution in [0.5, 0.6) is 0 Å². The first-order valence-corrected chi connectivity index (χ1v) is 3.95. The number of hydrogen-bond acceptors (Lipinski definition) is 3. The molecule has 0 saturated heterocycles. The molecule has 0 aliphatic heterocycles. The van der Waals surface area contributed by atoms with E-state index >= 15 is 0 Å². The van der Waals surface area contributed by atoms with E-state index < -0.39 is 18.4 Å². The molecule has 1 amide bonds. The second-order valence-electron chi connectivity index (χ2n) is 2.70. The summed E-state index contributed by atoms with van der Waals surface area (Å²) in [6.45, 7) is -0.395. The van der Waals surface area contributed by atoms with Gasteiger partial charge in [-0.25, -0.2) is 0 Å². The molecule has 1 aromatic carbocycles. The van der Waals surface area contributed by atoms with Crippen LogP contribution in [-0.4, -0.2) is 23.5 Å². The van der Waals surface area contributed by atoms with E-state index in [9.17, 15) is 9.59 Å². The summed E-state index contributed by atoms with van der Waals surface area (Å²) in [5.41, 5.74) is 6.27. The lowest BCUT2D eigenvalue weighted by Crippen LogP contribution is -2.29. The third kappa shape index (κ3) is 4.33. The van der Waals surface area contributed by atoms with Crippen molar-refractivity contribution >= 4 is 30.0 Å². The largest absolute Gasteiger partial charge is 0.480 e. The number of nitrogen functional groups attached to an aromatic ring is 1. The van der Waals surface area contributed by atoms with E-state index in [1.807, 2.05) is 0 Å². The molecule has 0 bridgehead atoms. The highest BCUT2D eigenvalue weighted by molar-refractivity contribution is 5.96. The Labute approximate surface area is 92.7 Å². The van der Waals surface area contributed by atoms with Crippen molar-refractivity contribution in [2.24, 2.45) is 0 Å². The summed E-state index contributed by atoms with van der Waals surface area (Å²) in [5, 5.41) is 10.6. The molecule has 0 fully saturated rings. The number of halogens is 1. The van der Waals surface area contributed by atoms with Crippen LogP contribution >= 0.6 is 12.4 Å². The first-order chi connectivity index (χ1) is 6.59. The third-order valence-electron chi connectivity index (χ3n) is 1.55. The van der Waals surface area contributed by atoms with Crippen LogP contribution in [0.25, 0.3) is 0 Å². The van der Waals surface area contributed by atoms with Crippen molar-refractivity contribution in [1.29, 1.82) is 0 Å². The van der Waals surface area contributed by atoms with Crippen LogP contribution < -0.4 is 11.1 Å². The van der Waals surface area contributed by atoms with E-state index in [1.54, 1.807) is 18.2 Å². The molecule has 1 aromatic rings. The first-order valence-electron chi connectivity index (χ1n) is 3.95. The van der Waals surface area contributed by atoms with Gasteiger partial charge in [-0.05, 0) is 18.2 Å². The van der Waals surface area contributed by atoms with E-state index in [0.717, 1.165) is 0 Å². The minimum atomic E-state index is -1.08. The monoisotopic (exact) mass is 230 g/mol. The van der Waals surface area contributed by atoms with Gasteiger partial charge in [0.15, 0.2) is 0 Å². The molecule has 0 heterocycles. The van der Waals surface area contributed by atoms with Crippen LogP contribution in [0.15, 0.2) is 24.3 Å². The number of benzene rings is 1. The van der Waals surface area contributed by atoms with E-state index in [4.69, 9.17) is 10.8 Å². The van der Waals surface area contributed by atoms with E-state index in [2.05, 4.69) is 5.32 Å². The molecule has 82 valence electrons. The lowest BCUT2D eigenvalue weighted by Gasteiger charge is -2.02. The van der Waals surface area contributed by atoms with Gasteiger partial charge in [0.2, 0.25) is 0 Å². The summed E-state index contributed by atoms with van der Waals surface area (Å²) in [5.74, 6) is -1.53. The summed E-state index contributed by atoms with van der Waals surface area (Å²) in [4.78, 5) is 21.4. The second-order valence-corrected chi connectivity index (χ2v) is 2.70. The van der Waals surface area contributed by atoms with Gasteiger partial charge in [0.05, 0.1) is 0 Å². The fourth-order valence-electron chi connectivity index (χ4n) is 0.938. The van der Waals surface area contributed by atoms with Crippen molar-refractivity contribution in [3.05, 3.63) is 29.8 Å². The van der Waals surface area contributed by atoms with Gasteiger partial charge in [-0.2, -0.15) is 0 Å². The smallest absolute Gasteiger partial charge is 0.322 e. The predicted molar refractivity (Wildman–Crippen MR) is 58.1 cm³/mol. The molecule has 0 aliphatic rings. The molecule has 0 unspecified atom stereocenters. The minimum Gasteiger partial charge on any atom is -0.480 e. The van der Waals surface area contributed by atoms with Crippen LogP contribution in [0.1, 0.15) is 10.4 Å². The maximum Gasteiger partial charge on any atom is 0.322 e. The molecule has 6 heteroatoms. The number of nitrogens with two attached hydrogens (primary N) is 1. The van der Waals surface area contributed by atoms with Crippen LogP contribution in [0, 0.1) is 0 Å². The number of anilines is 1. The van der Waals surface area contributed by atoms with Gasteiger partial charge in [0, 0.05) is 11.3 Å². The molecule has 0 saturated carbocycles. The van der Waals surface area contributed by atoms with Crippen LogP contribution in [0.3, 0.4) is 0 Å². The van der Waals surface area contributed by atoms with Crippen LogP contribution in [-0.2, 0) is 4.79 Å². The molecule has 0 spiro atoms. The Hall–Kier alpha value is -1.75. The van der Waals surface area contributed by atoms with Gasteiger partial charge < -0.3 is 16.2 Å². The number of amides is 1. The fourth-order valence-corrected chi connectivity index (χ4v) is 0.938. The zero-order chi connectivity index (χ0) is 10.6. The summed E-state index contributed by atoms with van der Waals surface area (Å²) in [6.07, 6.45) is 0. The van der Waals surface area contributed by atoms with Gasteiger partial charge >= 0.3 is 5.97 Å². The van der Waals surface area contributed by atoms with Crippen molar-refractivity contribution in [2.75, 3.05) is 12.3 Å². The minimum absolute atomic E-state index is 0. The van der Waals surface area contributed by atoms with Crippen molar-refractivity contribution in [1.82, 2.24) is 5.32 Å². The van der Waals surface area contributed by atoms with Crippen molar-refractivity contribution in [2.45, 2.75) is 0 Å². The molecule has 1 rings (SSSR count). The molecule has 0 radical (unpaired) electrons. The molecule has 15 heavy (non-hydrogen) atoms. The zero-order valence-electron chi connectivity index (χ0n) is 7.77.